The third-order valence-corrected chi connectivity index (χ3v) is 5.02. The number of nitrogens with zero attached hydrogens (tertiary/aromatic N) is 1. The molecule has 3 aromatic carbocycles. The highest BCUT2D eigenvalue weighted by atomic mass is 16.3. The highest BCUT2D eigenvalue weighted by Gasteiger charge is 2.36. The van der Waals surface area contributed by atoms with Gasteiger partial charge in [0.1, 0.15) is 5.75 Å². The molecule has 0 atom stereocenters. The molecule has 3 heteroatoms. The highest BCUT2D eigenvalue weighted by Crippen LogP contribution is 2.41. The molecule has 3 nitrogen and oxygen atoms in total. The van der Waals surface area contributed by atoms with E-state index in [-0.39, 0.29) is 11.7 Å². The molecule has 0 saturated heterocycles. The number of phenols is 1. The first-order valence-corrected chi connectivity index (χ1v) is 8.74. The number of allylic oxidation sites excluding steroid dienone is 1. The van der Waals surface area contributed by atoms with E-state index in [1.165, 1.54) is 0 Å². The van der Waals surface area contributed by atoms with E-state index in [1.54, 1.807) is 12.1 Å². The smallest absolute Gasteiger partial charge is 0.259 e. The fourth-order valence-electron chi connectivity index (χ4n) is 3.92. The van der Waals surface area contributed by atoms with E-state index in [4.69, 9.17) is 0 Å². The van der Waals surface area contributed by atoms with Gasteiger partial charge in [-0.3, -0.25) is 9.69 Å². The Kier molecular flexibility index (Phi) is 3.62. The Labute approximate surface area is 153 Å². The van der Waals surface area contributed by atoms with E-state index in [0.29, 0.717) is 5.56 Å². The average Bonchev–Trinajstić information content (AvgIpc) is 2.61. The molecule has 1 aliphatic rings. The van der Waals surface area contributed by atoms with E-state index in [0.717, 1.165) is 27.6 Å². The third-order valence-electron chi connectivity index (χ3n) is 5.02. The van der Waals surface area contributed by atoms with Crippen LogP contribution in [0.5, 0.6) is 5.75 Å². The van der Waals surface area contributed by atoms with Crippen LogP contribution in [0.4, 0.5) is 5.69 Å². The van der Waals surface area contributed by atoms with Gasteiger partial charge in [-0.25, -0.2) is 0 Å². The van der Waals surface area contributed by atoms with Gasteiger partial charge in [-0.1, -0.05) is 42.5 Å². The Bertz CT molecular complexity index is 1060. The van der Waals surface area contributed by atoms with E-state index in [9.17, 15) is 9.90 Å². The van der Waals surface area contributed by atoms with Crippen molar-refractivity contribution in [3.63, 3.8) is 0 Å². The van der Waals surface area contributed by atoms with Crippen LogP contribution in [-0.2, 0) is 0 Å². The van der Waals surface area contributed by atoms with Gasteiger partial charge in [0.25, 0.3) is 5.91 Å². The second kappa shape index (κ2) is 5.73. The van der Waals surface area contributed by atoms with Crippen LogP contribution in [0.2, 0.25) is 0 Å². The van der Waals surface area contributed by atoms with Gasteiger partial charge < -0.3 is 5.11 Å². The number of anilines is 1. The van der Waals surface area contributed by atoms with Crippen LogP contribution in [0.25, 0.3) is 16.3 Å². The van der Waals surface area contributed by atoms with Gasteiger partial charge in [0.2, 0.25) is 0 Å². The van der Waals surface area contributed by atoms with Crippen molar-refractivity contribution >= 4 is 27.9 Å². The van der Waals surface area contributed by atoms with Gasteiger partial charge in [0, 0.05) is 11.1 Å². The molecule has 0 fully saturated rings. The van der Waals surface area contributed by atoms with Gasteiger partial charge in [-0.15, -0.1) is 0 Å². The molecule has 0 radical (unpaired) electrons. The molecular weight excluding hydrogens is 322 g/mol. The summed E-state index contributed by atoms with van der Waals surface area (Å²) >= 11 is 0. The van der Waals surface area contributed by atoms with Crippen LogP contribution in [0.3, 0.4) is 0 Å². The molecule has 1 N–H and O–H groups in total. The number of hydrogen-bond acceptors (Lipinski definition) is 2. The molecule has 130 valence electrons. The van der Waals surface area contributed by atoms with Crippen LogP contribution < -0.4 is 4.90 Å². The largest absolute Gasteiger partial charge is 0.508 e. The maximum atomic E-state index is 13.6. The summed E-state index contributed by atoms with van der Waals surface area (Å²) in [7, 11) is 0. The number of amides is 1. The number of phenolic OH excluding ortho intramolecular Hbond substituents is 1. The summed E-state index contributed by atoms with van der Waals surface area (Å²) in [5, 5.41) is 11.9. The van der Waals surface area contributed by atoms with Crippen molar-refractivity contribution in [2.75, 3.05) is 4.90 Å². The fraction of sp³-hybridized carbons (Fsp3) is 0.174. The van der Waals surface area contributed by atoms with Crippen molar-refractivity contribution in [2.24, 2.45) is 0 Å². The summed E-state index contributed by atoms with van der Waals surface area (Å²) in [5.41, 5.74) is 2.98. The molecular formula is C23H21NO2. The first kappa shape index (κ1) is 16.4. The predicted octanol–water partition coefficient (Wildman–Crippen LogP) is 5.39. The third kappa shape index (κ3) is 2.48. The van der Waals surface area contributed by atoms with E-state index in [1.807, 2.05) is 74.2 Å². The van der Waals surface area contributed by atoms with Crippen molar-refractivity contribution in [3.8, 4) is 5.75 Å². The van der Waals surface area contributed by atoms with Crippen molar-refractivity contribution in [1.82, 2.24) is 0 Å². The SMILES string of the molecule is CC1=CC(C)(C)N(C(=O)c2cccc3ccccc23)c2ccc(O)cc21. The standard InChI is InChI=1S/C23H21NO2/c1-15-14-23(2,3)24(21-12-11-17(25)13-20(15)21)22(26)19-10-6-8-16-7-4-5-9-18(16)19/h4-14,25H,1-3H3. The van der Waals surface area contributed by atoms with Crippen LogP contribution in [-0.4, -0.2) is 16.6 Å². The monoisotopic (exact) mass is 343 g/mol. The van der Waals surface area contributed by atoms with E-state index >= 15 is 0 Å². The Morgan fingerprint density at radius 3 is 2.54 bits per heavy atom. The van der Waals surface area contributed by atoms with Crippen LogP contribution >= 0.6 is 0 Å². The lowest BCUT2D eigenvalue weighted by molar-refractivity contribution is 0.0971. The molecule has 1 heterocycles. The molecule has 1 aliphatic heterocycles. The van der Waals surface area contributed by atoms with E-state index in [2.05, 4.69) is 6.08 Å². The Morgan fingerprint density at radius 2 is 1.73 bits per heavy atom. The fourth-order valence-corrected chi connectivity index (χ4v) is 3.92. The molecule has 0 bridgehead atoms. The summed E-state index contributed by atoms with van der Waals surface area (Å²) in [6, 6.07) is 18.9. The second-order valence-electron chi connectivity index (χ2n) is 7.35. The number of benzene rings is 3. The van der Waals surface area contributed by atoms with Gasteiger partial charge in [0.15, 0.2) is 0 Å². The number of aromatic hydroxyl groups is 1. The number of carbonyl (C=O) groups excluding carboxylic acids is 1. The zero-order chi connectivity index (χ0) is 18.5. The number of rotatable bonds is 1. The Hall–Kier alpha value is -3.07. The molecule has 4 rings (SSSR count). The number of carbonyl (C=O) groups is 1. The quantitative estimate of drug-likeness (QED) is 0.644. The van der Waals surface area contributed by atoms with Crippen molar-refractivity contribution in [3.05, 3.63) is 77.9 Å². The molecule has 0 aliphatic carbocycles. The first-order chi connectivity index (χ1) is 12.4. The summed E-state index contributed by atoms with van der Waals surface area (Å²) in [6.45, 7) is 6.09. The van der Waals surface area contributed by atoms with Crippen molar-refractivity contribution in [1.29, 1.82) is 0 Å². The van der Waals surface area contributed by atoms with Gasteiger partial charge >= 0.3 is 0 Å². The summed E-state index contributed by atoms with van der Waals surface area (Å²) in [4.78, 5) is 15.4. The minimum Gasteiger partial charge on any atom is -0.508 e. The van der Waals surface area contributed by atoms with Crippen LogP contribution in [0.1, 0.15) is 36.7 Å². The summed E-state index contributed by atoms with van der Waals surface area (Å²) in [6.07, 6.45) is 2.08. The van der Waals surface area contributed by atoms with Gasteiger partial charge in [-0.2, -0.15) is 0 Å². The highest BCUT2D eigenvalue weighted by molar-refractivity contribution is 6.16. The number of hydrogen-bond donors (Lipinski definition) is 1. The van der Waals surface area contributed by atoms with Crippen molar-refractivity contribution in [2.45, 2.75) is 26.3 Å². The predicted molar refractivity (Wildman–Crippen MR) is 107 cm³/mol. The number of fused-ring (bicyclic) bond motifs is 2. The molecule has 0 saturated carbocycles. The molecule has 0 aromatic heterocycles. The molecule has 1 amide bonds. The molecule has 0 spiro atoms. The van der Waals surface area contributed by atoms with Gasteiger partial charge in [0.05, 0.1) is 11.2 Å². The average molecular weight is 343 g/mol. The molecule has 0 unspecified atom stereocenters. The first-order valence-electron chi connectivity index (χ1n) is 8.74. The maximum Gasteiger partial charge on any atom is 0.259 e. The zero-order valence-corrected chi connectivity index (χ0v) is 15.2. The minimum absolute atomic E-state index is 0.0394. The van der Waals surface area contributed by atoms with Gasteiger partial charge in [-0.05, 0) is 61.4 Å². The topological polar surface area (TPSA) is 40.5 Å². The Balaban J connectivity index is 1.92. The normalized spacial score (nSPS) is 15.5. The zero-order valence-electron chi connectivity index (χ0n) is 15.2. The summed E-state index contributed by atoms with van der Waals surface area (Å²) in [5.74, 6) is 0.163. The maximum absolute atomic E-state index is 13.6. The lowest BCUT2D eigenvalue weighted by atomic mass is 9.87. The lowest BCUT2D eigenvalue weighted by Crippen LogP contribution is -2.49. The summed E-state index contributed by atoms with van der Waals surface area (Å²) < 4.78 is 0. The van der Waals surface area contributed by atoms with E-state index < -0.39 is 5.54 Å². The molecule has 26 heavy (non-hydrogen) atoms. The van der Waals surface area contributed by atoms with Crippen molar-refractivity contribution < 1.29 is 9.90 Å². The second-order valence-corrected chi connectivity index (χ2v) is 7.35. The Morgan fingerprint density at radius 1 is 1.00 bits per heavy atom. The molecule has 3 aromatic rings. The lowest BCUT2D eigenvalue weighted by Gasteiger charge is -2.41. The van der Waals surface area contributed by atoms with Crippen LogP contribution in [0.15, 0.2) is 66.7 Å². The van der Waals surface area contributed by atoms with Crippen LogP contribution in [0, 0.1) is 0 Å². The minimum atomic E-state index is -0.470.